The van der Waals surface area contributed by atoms with E-state index >= 15 is 0 Å². The van der Waals surface area contributed by atoms with Crippen LogP contribution in [-0.2, 0) is 0 Å². The molecule has 4 heteroatoms. The van der Waals surface area contributed by atoms with Gasteiger partial charge in [0.2, 0.25) is 0 Å². The van der Waals surface area contributed by atoms with Gasteiger partial charge in [-0.15, -0.1) is 0 Å². The summed E-state index contributed by atoms with van der Waals surface area (Å²) in [5.41, 5.74) is 1.05. The molecule has 2 aliphatic rings. The number of fused-ring (bicyclic) bond motifs is 1. The third-order valence-corrected chi connectivity index (χ3v) is 3.39. The van der Waals surface area contributed by atoms with Gasteiger partial charge in [-0.3, -0.25) is 4.99 Å². The van der Waals surface area contributed by atoms with E-state index in [2.05, 4.69) is 22.1 Å². The average molecular weight is 233 g/mol. The first kappa shape index (κ1) is 10.6. The van der Waals surface area contributed by atoms with Gasteiger partial charge in [-0.1, -0.05) is 12.1 Å². The monoisotopic (exact) mass is 233 g/mol. The van der Waals surface area contributed by atoms with Gasteiger partial charge in [0, 0.05) is 19.1 Å². The second kappa shape index (κ2) is 4.02. The summed E-state index contributed by atoms with van der Waals surface area (Å²) in [5.74, 6) is 0.810. The zero-order valence-electron chi connectivity index (χ0n) is 9.86. The lowest BCUT2D eigenvalue weighted by molar-refractivity contribution is 0.304. The van der Waals surface area contributed by atoms with Crippen LogP contribution in [0.1, 0.15) is 24.9 Å². The lowest BCUT2D eigenvalue weighted by Crippen LogP contribution is -2.37. The van der Waals surface area contributed by atoms with Gasteiger partial charge in [-0.05, 0) is 31.0 Å². The second-order valence-corrected chi connectivity index (χ2v) is 4.76. The van der Waals surface area contributed by atoms with Crippen molar-refractivity contribution in [2.75, 3.05) is 13.1 Å². The fourth-order valence-corrected chi connectivity index (χ4v) is 2.65. The number of aliphatic imine (C=N–C) groups is 1. The third kappa shape index (κ3) is 1.88. The van der Waals surface area contributed by atoms with Crippen molar-refractivity contribution in [1.29, 1.82) is 0 Å². The molecular formula is C13H16FN3. The molecule has 0 saturated carbocycles. The van der Waals surface area contributed by atoms with Crippen molar-refractivity contribution in [1.82, 2.24) is 10.2 Å². The zero-order valence-corrected chi connectivity index (χ0v) is 9.86. The molecule has 0 amide bonds. The molecule has 0 spiro atoms. The molecular weight excluding hydrogens is 217 g/mol. The molecule has 2 atom stereocenters. The summed E-state index contributed by atoms with van der Waals surface area (Å²) in [7, 11) is 0. The molecule has 0 aromatic heterocycles. The first-order valence-electron chi connectivity index (χ1n) is 6.07. The summed E-state index contributed by atoms with van der Waals surface area (Å²) in [6.45, 7) is 3.90. The number of hydrogen-bond acceptors (Lipinski definition) is 3. The Hall–Kier alpha value is -1.58. The van der Waals surface area contributed by atoms with Gasteiger partial charge in [0.05, 0.1) is 6.04 Å². The number of benzene rings is 1. The lowest BCUT2D eigenvalue weighted by atomic mass is 10.0. The molecule has 3 rings (SSSR count). The zero-order chi connectivity index (χ0) is 11.8. The standard InChI is InChI=1S/C13H16FN3/c1-9-8-17-12(5-6-15-13(17)16-9)10-3-2-4-11(14)7-10/h2-4,7,9,12H,5-6,8H2,1H3,(H,15,16). The van der Waals surface area contributed by atoms with Crippen LogP contribution in [0.25, 0.3) is 0 Å². The molecule has 2 aliphatic heterocycles. The number of halogens is 1. The highest BCUT2D eigenvalue weighted by molar-refractivity contribution is 5.83. The van der Waals surface area contributed by atoms with Crippen LogP contribution >= 0.6 is 0 Å². The number of nitrogens with zero attached hydrogens (tertiary/aromatic N) is 2. The van der Waals surface area contributed by atoms with Gasteiger partial charge in [0.1, 0.15) is 5.82 Å². The minimum Gasteiger partial charge on any atom is -0.352 e. The molecule has 2 heterocycles. The van der Waals surface area contributed by atoms with Crippen LogP contribution in [0.3, 0.4) is 0 Å². The topological polar surface area (TPSA) is 27.6 Å². The van der Waals surface area contributed by atoms with Crippen LogP contribution in [-0.4, -0.2) is 30.0 Å². The molecule has 0 bridgehead atoms. The van der Waals surface area contributed by atoms with Crippen LogP contribution in [0.4, 0.5) is 4.39 Å². The average Bonchev–Trinajstić information content (AvgIpc) is 2.68. The van der Waals surface area contributed by atoms with Gasteiger partial charge in [0.25, 0.3) is 0 Å². The van der Waals surface area contributed by atoms with Gasteiger partial charge in [-0.25, -0.2) is 4.39 Å². The van der Waals surface area contributed by atoms with Crippen molar-refractivity contribution < 1.29 is 4.39 Å². The fourth-order valence-electron chi connectivity index (χ4n) is 2.65. The Balaban J connectivity index is 1.91. The van der Waals surface area contributed by atoms with Crippen molar-refractivity contribution in [3.8, 4) is 0 Å². The summed E-state index contributed by atoms with van der Waals surface area (Å²) >= 11 is 0. The quantitative estimate of drug-likeness (QED) is 0.802. The Bertz CT molecular complexity index is 458. The molecule has 2 unspecified atom stereocenters. The minimum absolute atomic E-state index is 0.160. The lowest BCUT2D eigenvalue weighted by Gasteiger charge is -2.32. The van der Waals surface area contributed by atoms with Crippen molar-refractivity contribution in [2.45, 2.75) is 25.4 Å². The van der Waals surface area contributed by atoms with Crippen molar-refractivity contribution >= 4 is 5.96 Å². The SMILES string of the molecule is CC1CN2C(=NCCC2c2cccc(F)c2)N1. The third-order valence-electron chi connectivity index (χ3n) is 3.39. The Morgan fingerprint density at radius 3 is 3.18 bits per heavy atom. The first-order valence-corrected chi connectivity index (χ1v) is 6.07. The van der Waals surface area contributed by atoms with Crippen molar-refractivity contribution in [3.05, 3.63) is 35.6 Å². The molecule has 1 aromatic carbocycles. The Morgan fingerprint density at radius 1 is 1.47 bits per heavy atom. The van der Waals surface area contributed by atoms with E-state index in [-0.39, 0.29) is 11.9 Å². The summed E-state index contributed by atoms with van der Waals surface area (Å²) in [6, 6.07) is 7.59. The van der Waals surface area contributed by atoms with E-state index in [0.717, 1.165) is 31.0 Å². The fraction of sp³-hybridized carbons (Fsp3) is 0.462. The number of rotatable bonds is 1. The normalized spacial score (nSPS) is 27.4. The minimum atomic E-state index is -0.160. The number of hydrogen-bond donors (Lipinski definition) is 1. The van der Waals surface area contributed by atoms with Crippen LogP contribution < -0.4 is 5.32 Å². The molecule has 0 radical (unpaired) electrons. The van der Waals surface area contributed by atoms with E-state index < -0.39 is 0 Å². The number of nitrogens with one attached hydrogen (secondary N) is 1. The molecule has 90 valence electrons. The molecule has 1 fully saturated rings. The maximum absolute atomic E-state index is 13.3. The highest BCUT2D eigenvalue weighted by atomic mass is 19.1. The van der Waals surface area contributed by atoms with Gasteiger partial charge >= 0.3 is 0 Å². The predicted octanol–water partition coefficient (Wildman–Crippen LogP) is 1.92. The molecule has 3 nitrogen and oxygen atoms in total. The van der Waals surface area contributed by atoms with Gasteiger partial charge in [-0.2, -0.15) is 0 Å². The smallest absolute Gasteiger partial charge is 0.194 e. The Kier molecular flexibility index (Phi) is 2.50. The Labute approximate surface area is 100 Å². The second-order valence-electron chi connectivity index (χ2n) is 4.76. The van der Waals surface area contributed by atoms with Crippen molar-refractivity contribution in [3.63, 3.8) is 0 Å². The van der Waals surface area contributed by atoms with Crippen molar-refractivity contribution in [2.24, 2.45) is 4.99 Å². The Morgan fingerprint density at radius 2 is 2.35 bits per heavy atom. The van der Waals surface area contributed by atoms with Gasteiger partial charge < -0.3 is 10.2 Å². The predicted molar refractivity (Wildman–Crippen MR) is 65.4 cm³/mol. The molecule has 0 aliphatic carbocycles. The highest BCUT2D eigenvalue weighted by Gasteiger charge is 2.33. The summed E-state index contributed by atoms with van der Waals surface area (Å²) in [6.07, 6.45) is 0.960. The van der Waals surface area contributed by atoms with Gasteiger partial charge in [0.15, 0.2) is 5.96 Å². The van der Waals surface area contributed by atoms with E-state index in [1.54, 1.807) is 12.1 Å². The van der Waals surface area contributed by atoms with Crippen LogP contribution in [0, 0.1) is 5.82 Å². The summed E-state index contributed by atoms with van der Waals surface area (Å²) < 4.78 is 13.3. The molecule has 1 saturated heterocycles. The summed E-state index contributed by atoms with van der Waals surface area (Å²) in [4.78, 5) is 6.73. The van der Waals surface area contributed by atoms with E-state index in [1.165, 1.54) is 6.07 Å². The van der Waals surface area contributed by atoms with E-state index in [0.29, 0.717) is 6.04 Å². The van der Waals surface area contributed by atoms with Crippen LogP contribution in [0.2, 0.25) is 0 Å². The van der Waals surface area contributed by atoms with E-state index in [9.17, 15) is 4.39 Å². The maximum atomic E-state index is 13.3. The number of guanidine groups is 1. The molecule has 1 aromatic rings. The highest BCUT2D eigenvalue weighted by Crippen LogP contribution is 2.30. The summed E-state index contributed by atoms with van der Waals surface area (Å²) in [5, 5.41) is 3.35. The molecule has 17 heavy (non-hydrogen) atoms. The van der Waals surface area contributed by atoms with E-state index in [4.69, 9.17) is 0 Å². The van der Waals surface area contributed by atoms with E-state index in [1.807, 2.05) is 6.07 Å². The first-order chi connectivity index (χ1) is 8.24. The maximum Gasteiger partial charge on any atom is 0.194 e. The van der Waals surface area contributed by atoms with Crippen LogP contribution in [0.5, 0.6) is 0 Å². The van der Waals surface area contributed by atoms with Crippen LogP contribution in [0.15, 0.2) is 29.3 Å². The largest absolute Gasteiger partial charge is 0.352 e. The molecule has 1 N–H and O–H groups in total.